The van der Waals surface area contributed by atoms with Crippen LogP contribution in [0.5, 0.6) is 5.75 Å². The van der Waals surface area contributed by atoms with E-state index in [2.05, 4.69) is 5.32 Å². The highest BCUT2D eigenvalue weighted by molar-refractivity contribution is 7.99. The number of aliphatic hydroxyl groups excluding tert-OH is 2. The molecule has 5 nitrogen and oxygen atoms in total. The number of methoxy groups -OCH3 is 1. The minimum absolute atomic E-state index is 0.0120. The second-order valence-corrected chi connectivity index (χ2v) is 6.87. The number of para-hydroxylation sites is 1. The number of benzene rings is 2. The number of carbonyl (C=O) groups excluding carboxylic acids is 1. The molecule has 3 N–H and O–H groups in total. The van der Waals surface area contributed by atoms with Gasteiger partial charge in [-0.25, -0.2) is 0 Å². The minimum Gasteiger partial charge on any atom is -0.496 e. The Bertz CT molecular complexity index is 782. The summed E-state index contributed by atoms with van der Waals surface area (Å²) in [6.45, 7) is -0.414. The summed E-state index contributed by atoms with van der Waals surface area (Å²) < 4.78 is 5.34. The summed E-state index contributed by atoms with van der Waals surface area (Å²) in [5, 5.41) is 20.9. The topological polar surface area (TPSA) is 78.8 Å². The summed E-state index contributed by atoms with van der Waals surface area (Å²) in [5.41, 5.74) is 0.703. The molecule has 0 aliphatic heterocycles. The lowest BCUT2D eigenvalue weighted by Crippen LogP contribution is -2.32. The molecule has 0 saturated heterocycles. The average molecular weight is 394 g/mol. The standard InChI is InChI=1S/C19H20ClNO4S/c1-25-17-4-2-3-5-18(17)26-15-8-6-13(16(20)10-15)7-9-19(24)21-11-14(23)12-22/h2-10,14,22-23H,11-12H2,1H3,(H,21,24). The summed E-state index contributed by atoms with van der Waals surface area (Å²) in [7, 11) is 1.63. The van der Waals surface area contributed by atoms with E-state index < -0.39 is 12.7 Å². The Morgan fingerprint density at radius 2 is 2.12 bits per heavy atom. The molecule has 0 aromatic heterocycles. The number of aliphatic hydroxyl groups is 2. The minimum atomic E-state index is -0.970. The molecule has 0 fully saturated rings. The van der Waals surface area contributed by atoms with E-state index in [1.165, 1.54) is 17.8 Å². The number of hydrogen-bond donors (Lipinski definition) is 3. The van der Waals surface area contributed by atoms with Crippen LogP contribution in [0, 0.1) is 0 Å². The van der Waals surface area contributed by atoms with Gasteiger partial charge in [-0.1, -0.05) is 41.6 Å². The number of halogens is 1. The fourth-order valence-electron chi connectivity index (χ4n) is 2.04. The van der Waals surface area contributed by atoms with Gasteiger partial charge in [0.05, 0.1) is 24.7 Å². The second kappa shape index (κ2) is 10.2. The Balaban J connectivity index is 2.03. The van der Waals surface area contributed by atoms with Gasteiger partial charge in [0.25, 0.3) is 0 Å². The van der Waals surface area contributed by atoms with Crippen molar-refractivity contribution in [2.24, 2.45) is 0 Å². The van der Waals surface area contributed by atoms with Crippen molar-refractivity contribution in [1.82, 2.24) is 5.32 Å². The first-order valence-electron chi connectivity index (χ1n) is 7.88. The molecule has 2 rings (SSSR count). The molecule has 0 spiro atoms. The normalized spacial score (nSPS) is 12.2. The zero-order valence-corrected chi connectivity index (χ0v) is 15.8. The summed E-state index contributed by atoms with van der Waals surface area (Å²) in [6, 6.07) is 13.3. The first kappa shape index (κ1) is 20.3. The quantitative estimate of drug-likeness (QED) is 0.601. The Morgan fingerprint density at radius 3 is 2.81 bits per heavy atom. The molecular weight excluding hydrogens is 374 g/mol. The van der Waals surface area contributed by atoms with Crippen molar-refractivity contribution in [1.29, 1.82) is 0 Å². The lowest BCUT2D eigenvalue weighted by molar-refractivity contribution is -0.117. The molecule has 0 heterocycles. The zero-order chi connectivity index (χ0) is 18.9. The molecule has 7 heteroatoms. The number of amides is 1. The zero-order valence-electron chi connectivity index (χ0n) is 14.2. The first-order chi connectivity index (χ1) is 12.5. The highest BCUT2D eigenvalue weighted by atomic mass is 35.5. The van der Waals surface area contributed by atoms with E-state index in [-0.39, 0.29) is 12.5 Å². The number of carbonyl (C=O) groups is 1. The van der Waals surface area contributed by atoms with Crippen molar-refractivity contribution in [3.8, 4) is 5.75 Å². The van der Waals surface area contributed by atoms with Crippen molar-refractivity contribution >= 4 is 35.3 Å². The van der Waals surface area contributed by atoms with Crippen LogP contribution in [0.1, 0.15) is 5.56 Å². The fourth-order valence-corrected chi connectivity index (χ4v) is 3.32. The number of hydrogen-bond acceptors (Lipinski definition) is 5. The van der Waals surface area contributed by atoms with Gasteiger partial charge in [0, 0.05) is 22.5 Å². The van der Waals surface area contributed by atoms with Crippen LogP contribution in [0.15, 0.2) is 58.3 Å². The van der Waals surface area contributed by atoms with Crippen LogP contribution in [-0.2, 0) is 4.79 Å². The maximum absolute atomic E-state index is 11.7. The lowest BCUT2D eigenvalue weighted by atomic mass is 10.2. The van der Waals surface area contributed by atoms with Crippen LogP contribution < -0.4 is 10.1 Å². The van der Waals surface area contributed by atoms with Crippen molar-refractivity contribution in [3.63, 3.8) is 0 Å². The molecule has 1 atom stereocenters. The van der Waals surface area contributed by atoms with Gasteiger partial charge in [-0.15, -0.1) is 0 Å². The molecule has 0 aliphatic carbocycles. The van der Waals surface area contributed by atoms with Crippen LogP contribution in [0.25, 0.3) is 6.08 Å². The molecule has 2 aromatic carbocycles. The van der Waals surface area contributed by atoms with Crippen molar-refractivity contribution in [3.05, 3.63) is 59.1 Å². The highest BCUT2D eigenvalue weighted by Gasteiger charge is 2.07. The Kier molecular flexibility index (Phi) is 8.00. The summed E-state index contributed by atoms with van der Waals surface area (Å²) in [6.07, 6.45) is 1.96. The summed E-state index contributed by atoms with van der Waals surface area (Å²) in [4.78, 5) is 13.6. The fraction of sp³-hybridized carbons (Fsp3) is 0.211. The SMILES string of the molecule is COc1ccccc1Sc1ccc(C=CC(=O)NCC(O)CO)c(Cl)c1. The molecule has 1 unspecified atom stereocenters. The number of nitrogens with one attached hydrogen (secondary N) is 1. The van der Waals surface area contributed by atoms with Gasteiger partial charge >= 0.3 is 0 Å². The van der Waals surface area contributed by atoms with Gasteiger partial charge in [-0.05, 0) is 35.9 Å². The highest BCUT2D eigenvalue weighted by Crippen LogP contribution is 2.36. The third-order valence-corrected chi connectivity index (χ3v) is 4.78. The lowest BCUT2D eigenvalue weighted by Gasteiger charge is -2.09. The predicted molar refractivity (Wildman–Crippen MR) is 104 cm³/mol. The Morgan fingerprint density at radius 1 is 1.35 bits per heavy atom. The second-order valence-electron chi connectivity index (χ2n) is 5.35. The van der Waals surface area contributed by atoms with Crippen molar-refractivity contribution < 1.29 is 19.7 Å². The average Bonchev–Trinajstić information content (AvgIpc) is 2.65. The maximum atomic E-state index is 11.7. The third-order valence-electron chi connectivity index (χ3n) is 3.41. The van der Waals surface area contributed by atoms with E-state index >= 15 is 0 Å². The van der Waals surface area contributed by atoms with Gasteiger partial charge < -0.3 is 20.3 Å². The Hall–Kier alpha value is -1.99. The predicted octanol–water partition coefficient (Wildman–Crippen LogP) is 2.98. The number of ether oxygens (including phenoxy) is 1. The molecule has 2 aromatic rings. The molecule has 1 amide bonds. The van der Waals surface area contributed by atoms with E-state index in [1.807, 2.05) is 42.5 Å². The molecule has 26 heavy (non-hydrogen) atoms. The van der Waals surface area contributed by atoms with E-state index in [9.17, 15) is 9.90 Å². The summed E-state index contributed by atoms with van der Waals surface area (Å²) >= 11 is 7.84. The Labute approximate surface area is 161 Å². The van der Waals surface area contributed by atoms with Crippen LogP contribution >= 0.6 is 23.4 Å². The molecule has 0 bridgehead atoms. The van der Waals surface area contributed by atoms with Gasteiger partial charge in [0.15, 0.2) is 0 Å². The van der Waals surface area contributed by atoms with E-state index in [0.717, 1.165) is 15.5 Å². The van der Waals surface area contributed by atoms with Gasteiger partial charge in [-0.2, -0.15) is 0 Å². The molecule has 0 saturated carbocycles. The van der Waals surface area contributed by atoms with Crippen molar-refractivity contribution in [2.45, 2.75) is 15.9 Å². The van der Waals surface area contributed by atoms with E-state index in [0.29, 0.717) is 10.6 Å². The maximum Gasteiger partial charge on any atom is 0.244 e. The van der Waals surface area contributed by atoms with Crippen LogP contribution in [-0.4, -0.2) is 42.5 Å². The number of rotatable bonds is 8. The van der Waals surface area contributed by atoms with E-state index in [4.69, 9.17) is 21.4 Å². The van der Waals surface area contributed by atoms with E-state index in [1.54, 1.807) is 13.2 Å². The van der Waals surface area contributed by atoms with Gasteiger partial charge in [-0.3, -0.25) is 4.79 Å². The van der Waals surface area contributed by atoms with Gasteiger partial charge in [0.2, 0.25) is 5.91 Å². The monoisotopic (exact) mass is 393 g/mol. The third kappa shape index (κ3) is 6.07. The van der Waals surface area contributed by atoms with Gasteiger partial charge in [0.1, 0.15) is 5.75 Å². The van der Waals surface area contributed by atoms with Crippen LogP contribution in [0.4, 0.5) is 0 Å². The molecule has 138 valence electrons. The van der Waals surface area contributed by atoms with Crippen molar-refractivity contribution in [2.75, 3.05) is 20.3 Å². The largest absolute Gasteiger partial charge is 0.496 e. The van der Waals surface area contributed by atoms with Crippen LogP contribution in [0.2, 0.25) is 5.02 Å². The molecule has 0 aliphatic rings. The smallest absolute Gasteiger partial charge is 0.244 e. The first-order valence-corrected chi connectivity index (χ1v) is 9.08. The summed E-state index contributed by atoms with van der Waals surface area (Å²) in [5.74, 6) is 0.417. The molecule has 0 radical (unpaired) electrons. The van der Waals surface area contributed by atoms with Crippen LogP contribution in [0.3, 0.4) is 0 Å². The molecular formula is C19H20ClNO4S.